The third kappa shape index (κ3) is 5.27. The van der Waals surface area contributed by atoms with Crippen LogP contribution in [-0.2, 0) is 10.9 Å². The van der Waals surface area contributed by atoms with Gasteiger partial charge in [0.2, 0.25) is 0 Å². The highest BCUT2D eigenvalue weighted by Gasteiger charge is 2.30. The largest absolute Gasteiger partial charge is 0.416 e. The first kappa shape index (κ1) is 19.4. The molecule has 0 aliphatic rings. The lowest BCUT2D eigenvalue weighted by atomic mass is 10.1. The molecule has 0 saturated carbocycles. The molecule has 2 rings (SSSR count). The van der Waals surface area contributed by atoms with E-state index >= 15 is 0 Å². The van der Waals surface area contributed by atoms with Crippen LogP contribution in [0.3, 0.4) is 0 Å². The summed E-state index contributed by atoms with van der Waals surface area (Å²) in [6.07, 6.45) is -3.66. The fourth-order valence-electron chi connectivity index (χ4n) is 2.13. The summed E-state index contributed by atoms with van der Waals surface area (Å²) >= 11 is 1.17. The molecule has 1 N–H and O–H groups in total. The summed E-state index contributed by atoms with van der Waals surface area (Å²) in [5, 5.41) is 3.31. The lowest BCUT2D eigenvalue weighted by molar-refractivity contribution is -0.137. The number of carbonyl (C=O) groups excluding carboxylic acids is 1. The number of rotatable bonds is 7. The van der Waals surface area contributed by atoms with E-state index in [2.05, 4.69) is 10.3 Å². The first-order valence-corrected chi connectivity index (χ1v) is 8.65. The second-order valence-corrected chi connectivity index (χ2v) is 6.31. The number of thiazole rings is 1. The minimum Gasteiger partial charge on any atom is -0.382 e. The number of hydrogen-bond donors (Lipinski definition) is 1. The van der Waals surface area contributed by atoms with Crippen LogP contribution in [0.4, 0.5) is 13.2 Å². The summed E-state index contributed by atoms with van der Waals surface area (Å²) in [4.78, 5) is 17.0. The summed E-state index contributed by atoms with van der Waals surface area (Å²) < 4.78 is 43.1. The van der Waals surface area contributed by atoms with Crippen molar-refractivity contribution in [2.45, 2.75) is 26.4 Å². The van der Waals surface area contributed by atoms with E-state index in [0.717, 1.165) is 12.1 Å². The van der Waals surface area contributed by atoms with Crippen molar-refractivity contribution in [1.29, 1.82) is 0 Å². The Morgan fingerprint density at radius 1 is 1.28 bits per heavy atom. The number of aromatic nitrogens is 1. The monoisotopic (exact) mass is 372 g/mol. The molecule has 1 aromatic heterocycles. The molecule has 0 radical (unpaired) electrons. The number of halogens is 3. The molecule has 0 bridgehead atoms. The van der Waals surface area contributed by atoms with E-state index in [1.54, 1.807) is 6.92 Å². The number of alkyl halides is 3. The first-order chi connectivity index (χ1) is 11.8. The predicted molar refractivity (Wildman–Crippen MR) is 90.7 cm³/mol. The summed E-state index contributed by atoms with van der Waals surface area (Å²) in [5.74, 6) is -0.232. The molecule has 1 amide bonds. The smallest absolute Gasteiger partial charge is 0.382 e. The van der Waals surface area contributed by atoms with Gasteiger partial charge in [-0.15, -0.1) is 11.3 Å². The molecule has 8 heteroatoms. The highest BCUT2D eigenvalue weighted by atomic mass is 32.1. The van der Waals surface area contributed by atoms with Crippen molar-refractivity contribution < 1.29 is 22.7 Å². The van der Waals surface area contributed by atoms with Crippen molar-refractivity contribution in [2.24, 2.45) is 0 Å². The van der Waals surface area contributed by atoms with E-state index in [9.17, 15) is 18.0 Å². The molecule has 0 unspecified atom stereocenters. The molecule has 0 aliphatic carbocycles. The van der Waals surface area contributed by atoms with Gasteiger partial charge in [0, 0.05) is 25.3 Å². The van der Waals surface area contributed by atoms with Crippen LogP contribution in [-0.4, -0.2) is 30.6 Å². The maximum Gasteiger partial charge on any atom is 0.416 e. The second kappa shape index (κ2) is 8.44. The number of nitrogens with one attached hydrogen (secondary N) is 1. The number of ether oxygens (including phenoxy) is 1. The third-order valence-corrected chi connectivity index (χ3v) is 4.62. The van der Waals surface area contributed by atoms with Crippen LogP contribution < -0.4 is 5.32 Å². The van der Waals surface area contributed by atoms with Crippen molar-refractivity contribution in [2.75, 3.05) is 19.8 Å². The molecule has 2 aromatic rings. The van der Waals surface area contributed by atoms with Gasteiger partial charge in [0.1, 0.15) is 9.88 Å². The molecule has 0 atom stereocenters. The Labute approximate surface area is 148 Å². The molecule has 0 saturated heterocycles. The van der Waals surface area contributed by atoms with Gasteiger partial charge in [-0.1, -0.05) is 12.1 Å². The van der Waals surface area contributed by atoms with E-state index < -0.39 is 11.7 Å². The number of carbonyl (C=O) groups is 1. The molecule has 136 valence electrons. The molecule has 1 heterocycles. The number of nitrogens with zero attached hydrogens (tertiary/aromatic N) is 1. The Hall–Kier alpha value is -1.93. The fourth-order valence-corrected chi connectivity index (χ4v) is 3.12. The maximum atomic E-state index is 12.6. The SMILES string of the molecule is CCOCCCNC(=O)c1sc(-c2ccc(C(F)(F)F)cc2)nc1C. The van der Waals surface area contributed by atoms with Gasteiger partial charge >= 0.3 is 6.18 Å². The van der Waals surface area contributed by atoms with Crippen LogP contribution in [0.5, 0.6) is 0 Å². The van der Waals surface area contributed by atoms with Gasteiger partial charge in [-0.05, 0) is 32.4 Å². The number of amides is 1. The van der Waals surface area contributed by atoms with Crippen LogP contribution >= 0.6 is 11.3 Å². The number of benzene rings is 1. The predicted octanol–water partition coefficient (Wildman–Crippen LogP) is 4.29. The third-order valence-electron chi connectivity index (χ3n) is 3.42. The summed E-state index contributed by atoms with van der Waals surface area (Å²) in [7, 11) is 0. The zero-order chi connectivity index (χ0) is 18.4. The maximum absolute atomic E-state index is 12.6. The minimum atomic E-state index is -4.37. The van der Waals surface area contributed by atoms with E-state index in [1.165, 1.54) is 23.5 Å². The molecular weight excluding hydrogens is 353 g/mol. The van der Waals surface area contributed by atoms with Crippen molar-refractivity contribution in [3.63, 3.8) is 0 Å². The van der Waals surface area contributed by atoms with Gasteiger partial charge in [-0.25, -0.2) is 4.98 Å². The van der Waals surface area contributed by atoms with E-state index in [4.69, 9.17) is 4.74 Å². The molecule has 25 heavy (non-hydrogen) atoms. The average Bonchev–Trinajstić information content (AvgIpc) is 2.96. The minimum absolute atomic E-state index is 0.232. The van der Waals surface area contributed by atoms with Crippen LogP contribution in [0.1, 0.15) is 34.3 Å². The molecule has 0 spiro atoms. The fraction of sp³-hybridized carbons (Fsp3) is 0.412. The van der Waals surface area contributed by atoms with Crippen molar-refractivity contribution >= 4 is 17.2 Å². The summed E-state index contributed by atoms with van der Waals surface area (Å²) in [6, 6.07) is 4.76. The number of hydrogen-bond acceptors (Lipinski definition) is 4. The van der Waals surface area contributed by atoms with Gasteiger partial charge < -0.3 is 10.1 Å². The Morgan fingerprint density at radius 3 is 2.56 bits per heavy atom. The van der Waals surface area contributed by atoms with Gasteiger partial charge in [0.25, 0.3) is 5.91 Å². The lowest BCUT2D eigenvalue weighted by Crippen LogP contribution is -2.25. The molecule has 0 aliphatic heterocycles. The van der Waals surface area contributed by atoms with Crippen LogP contribution in [0.2, 0.25) is 0 Å². The van der Waals surface area contributed by atoms with Crippen LogP contribution in [0.15, 0.2) is 24.3 Å². The van der Waals surface area contributed by atoms with Gasteiger partial charge in [0.05, 0.1) is 11.3 Å². The zero-order valence-electron chi connectivity index (χ0n) is 13.9. The van der Waals surface area contributed by atoms with Gasteiger partial charge in [-0.2, -0.15) is 13.2 Å². The highest BCUT2D eigenvalue weighted by Crippen LogP contribution is 2.32. The Balaban J connectivity index is 2.05. The topological polar surface area (TPSA) is 51.2 Å². The Morgan fingerprint density at radius 2 is 1.96 bits per heavy atom. The van der Waals surface area contributed by atoms with E-state index in [0.29, 0.717) is 47.3 Å². The van der Waals surface area contributed by atoms with Crippen molar-refractivity contribution in [3.8, 4) is 10.6 Å². The molecule has 0 fully saturated rings. The average molecular weight is 372 g/mol. The summed E-state index contributed by atoms with van der Waals surface area (Å²) in [6.45, 7) is 5.32. The normalized spacial score (nSPS) is 11.6. The van der Waals surface area contributed by atoms with E-state index in [-0.39, 0.29) is 5.91 Å². The van der Waals surface area contributed by atoms with Gasteiger partial charge in [0.15, 0.2) is 0 Å². The van der Waals surface area contributed by atoms with Crippen molar-refractivity contribution in [3.05, 3.63) is 40.4 Å². The standard InChI is InChI=1S/C17H19F3N2O2S/c1-3-24-10-4-9-21-15(23)14-11(2)22-16(25-14)12-5-7-13(8-6-12)17(18,19)20/h5-8H,3-4,9-10H2,1-2H3,(H,21,23). The molecule has 4 nitrogen and oxygen atoms in total. The molecule has 1 aromatic carbocycles. The molecular formula is C17H19F3N2O2S. The number of aryl methyl sites for hydroxylation is 1. The van der Waals surface area contributed by atoms with Crippen molar-refractivity contribution in [1.82, 2.24) is 10.3 Å². The van der Waals surface area contributed by atoms with Crippen LogP contribution in [0, 0.1) is 6.92 Å². The second-order valence-electron chi connectivity index (χ2n) is 5.32. The quantitative estimate of drug-likeness (QED) is 0.738. The summed E-state index contributed by atoms with van der Waals surface area (Å²) in [5.41, 5.74) is 0.399. The zero-order valence-corrected chi connectivity index (χ0v) is 14.8. The highest BCUT2D eigenvalue weighted by molar-refractivity contribution is 7.17. The Bertz CT molecular complexity index is 712. The lowest BCUT2D eigenvalue weighted by Gasteiger charge is -2.06. The van der Waals surface area contributed by atoms with E-state index in [1.807, 2.05) is 6.92 Å². The Kier molecular flexibility index (Phi) is 6.55. The van der Waals surface area contributed by atoms with Gasteiger partial charge in [-0.3, -0.25) is 4.79 Å². The first-order valence-electron chi connectivity index (χ1n) is 7.84. The van der Waals surface area contributed by atoms with Crippen LogP contribution in [0.25, 0.3) is 10.6 Å².